The molecule has 0 radical (unpaired) electrons. The van der Waals surface area contributed by atoms with E-state index in [0.717, 1.165) is 36.9 Å². The van der Waals surface area contributed by atoms with E-state index in [-0.39, 0.29) is 0 Å². The lowest BCUT2D eigenvalue weighted by Gasteiger charge is -2.24. The van der Waals surface area contributed by atoms with E-state index in [9.17, 15) is 0 Å². The largest absolute Gasteiger partial charge is 0.369 e. The van der Waals surface area contributed by atoms with Gasteiger partial charge in [-0.05, 0) is 44.4 Å². The second-order valence-electron chi connectivity index (χ2n) is 6.45. The predicted octanol–water partition coefficient (Wildman–Crippen LogP) is 3.00. The van der Waals surface area contributed by atoms with Gasteiger partial charge in [0.15, 0.2) is 0 Å². The van der Waals surface area contributed by atoms with Crippen LogP contribution in [0.3, 0.4) is 0 Å². The molecule has 4 rings (SSSR count). The molecule has 0 saturated heterocycles. The molecule has 0 spiro atoms. The highest BCUT2D eigenvalue weighted by molar-refractivity contribution is 5.53. The summed E-state index contributed by atoms with van der Waals surface area (Å²) in [5.74, 6) is 2.70. The molecule has 2 aromatic rings. The number of aromatic nitrogens is 4. The van der Waals surface area contributed by atoms with Gasteiger partial charge in [0, 0.05) is 12.1 Å². The summed E-state index contributed by atoms with van der Waals surface area (Å²) >= 11 is 0. The van der Waals surface area contributed by atoms with E-state index in [0.29, 0.717) is 0 Å². The number of aryl methyl sites for hydroxylation is 1. The fourth-order valence-electron chi connectivity index (χ4n) is 3.80. The van der Waals surface area contributed by atoms with Crippen LogP contribution in [-0.2, 0) is 12.8 Å². The fraction of sp³-hybridized carbons (Fsp3) is 0.688. The molecule has 2 aliphatic carbocycles. The van der Waals surface area contributed by atoms with Gasteiger partial charge in [-0.25, -0.2) is 4.98 Å². The third-order valence-corrected chi connectivity index (χ3v) is 4.98. The summed E-state index contributed by atoms with van der Waals surface area (Å²) in [6.45, 7) is 1.06. The standard InChI is InChI=1S/C16H23N5/c1-2-6-12(7-3-1)10-17-15-13-8-4-5-9-14(13)20-16-18-11-19-21(15)16/h11-12,17H,1-10H2. The minimum atomic E-state index is 0.738. The first-order valence-corrected chi connectivity index (χ1v) is 8.37. The zero-order chi connectivity index (χ0) is 14.1. The first-order chi connectivity index (χ1) is 10.4. The summed E-state index contributed by atoms with van der Waals surface area (Å²) in [6, 6.07) is 0. The van der Waals surface area contributed by atoms with Crippen LogP contribution in [-0.4, -0.2) is 26.1 Å². The Hall–Kier alpha value is -1.65. The van der Waals surface area contributed by atoms with Crippen LogP contribution in [0, 0.1) is 5.92 Å². The molecule has 1 saturated carbocycles. The topological polar surface area (TPSA) is 55.1 Å². The molecular weight excluding hydrogens is 262 g/mol. The quantitative estimate of drug-likeness (QED) is 0.942. The average molecular weight is 285 g/mol. The fourth-order valence-corrected chi connectivity index (χ4v) is 3.80. The van der Waals surface area contributed by atoms with E-state index in [1.165, 1.54) is 56.2 Å². The molecule has 1 N–H and O–H groups in total. The number of hydrogen-bond acceptors (Lipinski definition) is 4. The van der Waals surface area contributed by atoms with Crippen LogP contribution in [0.1, 0.15) is 56.2 Å². The normalized spacial score (nSPS) is 19.6. The van der Waals surface area contributed by atoms with Crippen molar-refractivity contribution in [3.05, 3.63) is 17.6 Å². The van der Waals surface area contributed by atoms with Crippen LogP contribution < -0.4 is 5.32 Å². The molecule has 5 nitrogen and oxygen atoms in total. The maximum Gasteiger partial charge on any atom is 0.254 e. The first kappa shape index (κ1) is 13.0. The lowest BCUT2D eigenvalue weighted by atomic mass is 9.89. The second kappa shape index (κ2) is 5.62. The molecule has 112 valence electrons. The number of anilines is 1. The lowest BCUT2D eigenvalue weighted by molar-refractivity contribution is 0.373. The third-order valence-electron chi connectivity index (χ3n) is 4.98. The van der Waals surface area contributed by atoms with E-state index in [4.69, 9.17) is 0 Å². The summed E-state index contributed by atoms with van der Waals surface area (Å²) in [5.41, 5.74) is 2.60. The molecule has 2 aliphatic rings. The Kier molecular flexibility index (Phi) is 3.49. The lowest BCUT2D eigenvalue weighted by Crippen LogP contribution is -2.21. The third kappa shape index (κ3) is 2.49. The SMILES string of the molecule is c1nc2nc3c(c(NCC4CCCCC4)n2n1)CCCC3. The number of nitrogens with zero attached hydrogens (tertiary/aromatic N) is 4. The van der Waals surface area contributed by atoms with Crippen LogP contribution in [0.4, 0.5) is 5.82 Å². The molecule has 0 aliphatic heterocycles. The van der Waals surface area contributed by atoms with Crippen molar-refractivity contribution >= 4 is 11.6 Å². The molecule has 1 fully saturated rings. The van der Waals surface area contributed by atoms with Gasteiger partial charge < -0.3 is 5.32 Å². The molecule has 0 amide bonds. The van der Waals surface area contributed by atoms with Crippen molar-refractivity contribution in [1.29, 1.82) is 0 Å². The van der Waals surface area contributed by atoms with Crippen LogP contribution in [0.15, 0.2) is 6.33 Å². The Morgan fingerprint density at radius 2 is 1.95 bits per heavy atom. The van der Waals surface area contributed by atoms with Gasteiger partial charge in [-0.1, -0.05) is 19.3 Å². The van der Waals surface area contributed by atoms with E-state index in [1.54, 1.807) is 6.33 Å². The molecule has 0 unspecified atom stereocenters. The van der Waals surface area contributed by atoms with Gasteiger partial charge in [-0.15, -0.1) is 0 Å². The minimum absolute atomic E-state index is 0.738. The van der Waals surface area contributed by atoms with Gasteiger partial charge in [0.1, 0.15) is 12.1 Å². The zero-order valence-corrected chi connectivity index (χ0v) is 12.5. The maximum atomic E-state index is 4.68. The average Bonchev–Trinajstić information content (AvgIpc) is 3.00. The second-order valence-corrected chi connectivity index (χ2v) is 6.45. The highest BCUT2D eigenvalue weighted by Gasteiger charge is 2.20. The Bertz CT molecular complexity index is 627. The molecule has 0 bridgehead atoms. The number of fused-ring (bicyclic) bond motifs is 2. The molecular formula is C16H23N5. The van der Waals surface area contributed by atoms with Crippen LogP contribution in [0.5, 0.6) is 0 Å². The van der Waals surface area contributed by atoms with Gasteiger partial charge in [0.2, 0.25) is 0 Å². The van der Waals surface area contributed by atoms with E-state index in [2.05, 4.69) is 20.4 Å². The molecule has 2 heterocycles. The van der Waals surface area contributed by atoms with E-state index < -0.39 is 0 Å². The van der Waals surface area contributed by atoms with Crippen LogP contribution in [0.25, 0.3) is 5.78 Å². The Morgan fingerprint density at radius 1 is 1.10 bits per heavy atom. The van der Waals surface area contributed by atoms with Crippen molar-refractivity contribution in [2.45, 2.75) is 57.8 Å². The van der Waals surface area contributed by atoms with E-state index in [1.807, 2.05) is 4.52 Å². The van der Waals surface area contributed by atoms with Gasteiger partial charge in [0.25, 0.3) is 5.78 Å². The monoisotopic (exact) mass is 285 g/mol. The first-order valence-electron chi connectivity index (χ1n) is 8.37. The Balaban J connectivity index is 1.64. The van der Waals surface area contributed by atoms with Crippen LogP contribution >= 0.6 is 0 Å². The van der Waals surface area contributed by atoms with Gasteiger partial charge in [-0.2, -0.15) is 14.6 Å². The van der Waals surface area contributed by atoms with Crippen molar-refractivity contribution in [2.75, 3.05) is 11.9 Å². The van der Waals surface area contributed by atoms with Crippen molar-refractivity contribution in [3.63, 3.8) is 0 Å². The van der Waals surface area contributed by atoms with Crippen LogP contribution in [0.2, 0.25) is 0 Å². The highest BCUT2D eigenvalue weighted by atomic mass is 15.4. The molecule has 2 aromatic heterocycles. The van der Waals surface area contributed by atoms with Crippen molar-refractivity contribution in [1.82, 2.24) is 19.6 Å². The molecule has 0 atom stereocenters. The van der Waals surface area contributed by atoms with Gasteiger partial charge in [0.05, 0.1) is 5.69 Å². The Labute approximate surface area is 125 Å². The van der Waals surface area contributed by atoms with Gasteiger partial charge in [-0.3, -0.25) is 0 Å². The van der Waals surface area contributed by atoms with E-state index >= 15 is 0 Å². The van der Waals surface area contributed by atoms with Gasteiger partial charge >= 0.3 is 0 Å². The summed E-state index contributed by atoms with van der Waals surface area (Å²) in [6.07, 6.45) is 13.2. The number of nitrogens with one attached hydrogen (secondary N) is 1. The predicted molar refractivity (Wildman–Crippen MR) is 82.5 cm³/mol. The number of hydrogen-bond donors (Lipinski definition) is 1. The maximum absolute atomic E-state index is 4.68. The van der Waals surface area contributed by atoms with Crippen molar-refractivity contribution in [3.8, 4) is 0 Å². The summed E-state index contributed by atoms with van der Waals surface area (Å²) in [5, 5.41) is 8.06. The molecule has 0 aromatic carbocycles. The summed E-state index contributed by atoms with van der Waals surface area (Å²) in [4.78, 5) is 8.96. The minimum Gasteiger partial charge on any atom is -0.369 e. The number of rotatable bonds is 3. The molecule has 5 heteroatoms. The van der Waals surface area contributed by atoms with Crippen molar-refractivity contribution in [2.24, 2.45) is 5.92 Å². The van der Waals surface area contributed by atoms with Crippen molar-refractivity contribution < 1.29 is 0 Å². The smallest absolute Gasteiger partial charge is 0.254 e. The highest BCUT2D eigenvalue weighted by Crippen LogP contribution is 2.29. The zero-order valence-electron chi connectivity index (χ0n) is 12.5. The Morgan fingerprint density at radius 3 is 2.86 bits per heavy atom. The summed E-state index contributed by atoms with van der Waals surface area (Å²) < 4.78 is 1.90. The summed E-state index contributed by atoms with van der Waals surface area (Å²) in [7, 11) is 0. The molecule has 21 heavy (non-hydrogen) atoms.